The summed E-state index contributed by atoms with van der Waals surface area (Å²) in [6.07, 6.45) is 0. The van der Waals surface area contributed by atoms with Crippen LogP contribution in [0.1, 0.15) is 5.76 Å². The zero-order valence-corrected chi connectivity index (χ0v) is 10.1. The van der Waals surface area contributed by atoms with Crippen molar-refractivity contribution in [2.24, 2.45) is 0 Å². The number of nitrogens with one attached hydrogen (secondary N) is 2. The highest BCUT2D eigenvalue weighted by molar-refractivity contribution is 7.89. The Morgan fingerprint density at radius 3 is 2.81 bits per heavy atom. The monoisotopic (exact) mass is 248 g/mol. The van der Waals surface area contributed by atoms with Gasteiger partial charge in [0.2, 0.25) is 5.09 Å². The largest absolute Gasteiger partial charge is 0.447 e. The molecule has 0 aromatic carbocycles. The third-order valence-electron chi connectivity index (χ3n) is 1.85. The Kier molecular flexibility index (Phi) is 4.94. The molecule has 6 nitrogen and oxygen atoms in total. The van der Waals surface area contributed by atoms with Crippen LogP contribution in [-0.4, -0.2) is 35.7 Å². The predicted molar refractivity (Wildman–Crippen MR) is 58.5 cm³/mol. The van der Waals surface area contributed by atoms with Crippen molar-refractivity contribution in [2.45, 2.75) is 11.6 Å². The summed E-state index contributed by atoms with van der Waals surface area (Å²) in [4.78, 5) is 0. The van der Waals surface area contributed by atoms with Crippen LogP contribution in [0.25, 0.3) is 0 Å². The smallest absolute Gasteiger partial charge is 0.274 e. The molecule has 1 rings (SSSR count). The topological polar surface area (TPSA) is 80.6 Å². The van der Waals surface area contributed by atoms with Gasteiger partial charge in [-0.25, -0.2) is 13.1 Å². The van der Waals surface area contributed by atoms with Crippen LogP contribution >= 0.6 is 0 Å². The molecule has 0 unspecified atom stereocenters. The molecule has 92 valence electrons. The Morgan fingerprint density at radius 2 is 2.19 bits per heavy atom. The van der Waals surface area contributed by atoms with Gasteiger partial charge in [0, 0.05) is 13.7 Å². The minimum Gasteiger partial charge on any atom is -0.447 e. The third-order valence-corrected chi connectivity index (χ3v) is 3.18. The molecule has 0 aliphatic rings. The van der Waals surface area contributed by atoms with Crippen molar-refractivity contribution in [1.29, 1.82) is 0 Å². The number of sulfonamides is 1. The molecule has 2 N–H and O–H groups in total. The Hall–Kier alpha value is -0.890. The highest BCUT2D eigenvalue weighted by atomic mass is 32.2. The Labute approximate surface area is 95.0 Å². The Balaban J connectivity index is 2.66. The summed E-state index contributed by atoms with van der Waals surface area (Å²) < 4.78 is 35.6. The van der Waals surface area contributed by atoms with E-state index in [1.165, 1.54) is 13.2 Å². The molecule has 7 heteroatoms. The highest BCUT2D eigenvalue weighted by Crippen LogP contribution is 2.13. The van der Waals surface area contributed by atoms with Crippen LogP contribution in [0.4, 0.5) is 0 Å². The molecule has 0 bridgehead atoms. The summed E-state index contributed by atoms with van der Waals surface area (Å²) in [5.41, 5.74) is 0. The van der Waals surface area contributed by atoms with Crippen molar-refractivity contribution in [3.8, 4) is 0 Å². The van der Waals surface area contributed by atoms with E-state index in [2.05, 4.69) is 10.0 Å². The summed E-state index contributed by atoms with van der Waals surface area (Å²) >= 11 is 0. The second-order valence-electron chi connectivity index (χ2n) is 3.14. The van der Waals surface area contributed by atoms with E-state index < -0.39 is 10.0 Å². The molecule has 1 aromatic rings. The molecule has 0 fully saturated rings. The van der Waals surface area contributed by atoms with Gasteiger partial charge in [-0.2, -0.15) is 0 Å². The maximum Gasteiger partial charge on any atom is 0.274 e. The molecule has 0 radical (unpaired) electrons. The molecule has 0 atom stereocenters. The quantitative estimate of drug-likeness (QED) is 0.660. The lowest BCUT2D eigenvalue weighted by Gasteiger charge is -2.02. The van der Waals surface area contributed by atoms with E-state index in [-0.39, 0.29) is 11.6 Å². The Bertz CT molecular complexity index is 413. The van der Waals surface area contributed by atoms with Crippen molar-refractivity contribution >= 4 is 10.0 Å². The van der Waals surface area contributed by atoms with Crippen LogP contribution < -0.4 is 10.0 Å². The molecule has 1 aromatic heterocycles. The molecular formula is C9H16N2O4S. The maximum absolute atomic E-state index is 11.6. The van der Waals surface area contributed by atoms with Crippen LogP contribution in [0.2, 0.25) is 0 Å². The van der Waals surface area contributed by atoms with Crippen LogP contribution in [0.3, 0.4) is 0 Å². The average molecular weight is 248 g/mol. The summed E-state index contributed by atoms with van der Waals surface area (Å²) in [5.74, 6) is 0.578. The first-order valence-corrected chi connectivity index (χ1v) is 6.30. The first-order chi connectivity index (χ1) is 7.60. The molecule has 0 spiro atoms. The molecule has 1 heterocycles. The van der Waals surface area contributed by atoms with Crippen molar-refractivity contribution in [3.05, 3.63) is 17.9 Å². The second-order valence-corrected chi connectivity index (χ2v) is 4.84. The lowest BCUT2D eigenvalue weighted by atomic mass is 10.4. The summed E-state index contributed by atoms with van der Waals surface area (Å²) in [6.45, 7) is 1.04. The van der Waals surface area contributed by atoms with Gasteiger partial charge < -0.3 is 14.5 Å². The van der Waals surface area contributed by atoms with Gasteiger partial charge in [-0.3, -0.25) is 0 Å². The molecule has 0 amide bonds. The van der Waals surface area contributed by atoms with Gasteiger partial charge in [0.25, 0.3) is 10.0 Å². The van der Waals surface area contributed by atoms with Crippen molar-refractivity contribution in [1.82, 2.24) is 10.0 Å². The fourth-order valence-electron chi connectivity index (χ4n) is 1.12. The number of furan rings is 1. The minimum absolute atomic E-state index is 0.0751. The number of methoxy groups -OCH3 is 1. The molecule has 0 saturated heterocycles. The molecular weight excluding hydrogens is 232 g/mol. The van der Waals surface area contributed by atoms with Gasteiger partial charge in [0.05, 0.1) is 13.2 Å². The second kappa shape index (κ2) is 6.00. The lowest BCUT2D eigenvalue weighted by Crippen LogP contribution is -2.26. The zero-order valence-electron chi connectivity index (χ0n) is 9.32. The predicted octanol–water partition coefficient (Wildman–Crippen LogP) is -0.0763. The minimum atomic E-state index is -3.55. The van der Waals surface area contributed by atoms with Gasteiger partial charge in [-0.15, -0.1) is 0 Å². The van der Waals surface area contributed by atoms with E-state index in [1.54, 1.807) is 13.1 Å². The highest BCUT2D eigenvalue weighted by Gasteiger charge is 2.17. The summed E-state index contributed by atoms with van der Waals surface area (Å²) in [7, 11) is -0.291. The summed E-state index contributed by atoms with van der Waals surface area (Å²) in [6, 6.07) is 3.06. The van der Waals surface area contributed by atoms with E-state index in [1.807, 2.05) is 0 Å². The van der Waals surface area contributed by atoms with E-state index in [9.17, 15) is 8.42 Å². The van der Waals surface area contributed by atoms with E-state index in [0.717, 1.165) is 0 Å². The zero-order chi connectivity index (χ0) is 12.0. The average Bonchev–Trinajstić information content (AvgIpc) is 2.68. The van der Waals surface area contributed by atoms with Gasteiger partial charge in [0.1, 0.15) is 5.76 Å². The maximum atomic E-state index is 11.6. The molecule has 0 aliphatic carbocycles. The van der Waals surface area contributed by atoms with E-state index in [4.69, 9.17) is 9.15 Å². The number of hydrogen-bond acceptors (Lipinski definition) is 5. The van der Waals surface area contributed by atoms with Gasteiger partial charge in [-0.05, 0) is 19.2 Å². The van der Waals surface area contributed by atoms with Crippen LogP contribution in [0.5, 0.6) is 0 Å². The number of ether oxygens (including phenoxy) is 1. The standard InChI is InChI=1S/C9H16N2O4S/c1-10-7-8-3-4-9(15-8)16(12,13)11-5-6-14-2/h3-4,10-11H,5-7H2,1-2H3. The van der Waals surface area contributed by atoms with Crippen LogP contribution in [0.15, 0.2) is 21.6 Å². The Morgan fingerprint density at radius 1 is 1.44 bits per heavy atom. The van der Waals surface area contributed by atoms with Crippen LogP contribution in [0, 0.1) is 0 Å². The van der Waals surface area contributed by atoms with E-state index in [0.29, 0.717) is 18.9 Å². The molecule has 16 heavy (non-hydrogen) atoms. The first-order valence-electron chi connectivity index (χ1n) is 4.82. The third kappa shape index (κ3) is 3.60. The number of rotatable bonds is 7. The van der Waals surface area contributed by atoms with Gasteiger partial charge in [-0.1, -0.05) is 0 Å². The first kappa shape index (κ1) is 13.2. The fourth-order valence-corrected chi connectivity index (χ4v) is 2.08. The van der Waals surface area contributed by atoms with Crippen molar-refractivity contribution in [2.75, 3.05) is 27.3 Å². The lowest BCUT2D eigenvalue weighted by molar-refractivity contribution is 0.204. The molecule has 0 aliphatic heterocycles. The van der Waals surface area contributed by atoms with Crippen molar-refractivity contribution in [3.63, 3.8) is 0 Å². The van der Waals surface area contributed by atoms with E-state index >= 15 is 0 Å². The van der Waals surface area contributed by atoms with Crippen LogP contribution in [-0.2, 0) is 21.3 Å². The fraction of sp³-hybridized carbons (Fsp3) is 0.556. The van der Waals surface area contributed by atoms with Gasteiger partial charge in [0.15, 0.2) is 0 Å². The number of hydrogen-bond donors (Lipinski definition) is 2. The normalized spacial score (nSPS) is 11.9. The van der Waals surface area contributed by atoms with Gasteiger partial charge >= 0.3 is 0 Å². The molecule has 0 saturated carbocycles. The SMILES string of the molecule is CNCc1ccc(S(=O)(=O)NCCOC)o1. The summed E-state index contributed by atoms with van der Waals surface area (Å²) in [5, 5.41) is 2.80. The van der Waals surface area contributed by atoms with Crippen molar-refractivity contribution < 1.29 is 17.6 Å².